The molecule has 0 aliphatic carbocycles. The van der Waals surface area contributed by atoms with Crippen LogP contribution in [0.5, 0.6) is 0 Å². The van der Waals surface area contributed by atoms with Crippen molar-refractivity contribution in [3.63, 3.8) is 0 Å². The van der Waals surface area contributed by atoms with Crippen LogP contribution in [0.3, 0.4) is 0 Å². The van der Waals surface area contributed by atoms with E-state index < -0.39 is 0 Å². The van der Waals surface area contributed by atoms with Gasteiger partial charge in [0.25, 0.3) is 0 Å². The van der Waals surface area contributed by atoms with Crippen molar-refractivity contribution in [3.05, 3.63) is 59.9 Å². The van der Waals surface area contributed by atoms with Gasteiger partial charge in [-0.3, -0.25) is 4.98 Å². The molecule has 0 radical (unpaired) electrons. The van der Waals surface area contributed by atoms with Crippen LogP contribution in [0.25, 0.3) is 0 Å². The number of rotatable bonds is 6. The molecule has 1 aliphatic rings. The summed E-state index contributed by atoms with van der Waals surface area (Å²) in [6.07, 6.45) is 5.58. The molecule has 0 spiro atoms. The highest BCUT2D eigenvalue weighted by Gasteiger charge is 2.22. The first-order valence-electron chi connectivity index (χ1n) is 9.36. The highest BCUT2D eigenvalue weighted by molar-refractivity contribution is 7.98. The lowest BCUT2D eigenvalue weighted by atomic mass is 10.1. The molecule has 140 valence electrons. The third-order valence-electron chi connectivity index (χ3n) is 4.58. The molecule has 0 bridgehead atoms. The Morgan fingerprint density at radius 2 is 2.04 bits per heavy atom. The number of nitrogens with zero attached hydrogens (tertiary/aromatic N) is 5. The number of benzene rings is 1. The van der Waals surface area contributed by atoms with Crippen LogP contribution >= 0.6 is 11.8 Å². The van der Waals surface area contributed by atoms with Gasteiger partial charge in [-0.05, 0) is 12.0 Å². The van der Waals surface area contributed by atoms with Gasteiger partial charge < -0.3 is 5.32 Å². The summed E-state index contributed by atoms with van der Waals surface area (Å²) in [5.41, 5.74) is 1.29. The maximum atomic E-state index is 4.72. The molecule has 27 heavy (non-hydrogen) atoms. The van der Waals surface area contributed by atoms with E-state index in [4.69, 9.17) is 4.98 Å². The Hall–Kier alpha value is -2.41. The first-order chi connectivity index (χ1) is 13.2. The van der Waals surface area contributed by atoms with Crippen LogP contribution in [0.15, 0.2) is 47.8 Å². The summed E-state index contributed by atoms with van der Waals surface area (Å²) in [6, 6.07) is 10.7. The standard InChI is InChI=1S/C20H24N6S/c1-14(2)20-24-18-9-8-16(12-26(18)25-20)22-17-10-21-11-19(23-17)27-13-15-6-4-3-5-7-15/h3-7,10-11,14,16H,8-9,12-13H2,1-2H3,(H,22,23). The SMILES string of the molecule is CC(C)c1nc2n(n1)CC(Nc1cncc(SCc3ccccc3)n1)CC2. The number of fused-ring (bicyclic) bond motifs is 1. The second kappa shape index (κ2) is 8.08. The van der Waals surface area contributed by atoms with Gasteiger partial charge in [0.2, 0.25) is 0 Å². The Labute approximate surface area is 163 Å². The number of hydrogen-bond donors (Lipinski definition) is 1. The van der Waals surface area contributed by atoms with Gasteiger partial charge in [0.1, 0.15) is 16.7 Å². The minimum Gasteiger partial charge on any atom is -0.364 e. The number of thioether (sulfide) groups is 1. The van der Waals surface area contributed by atoms with E-state index in [9.17, 15) is 0 Å². The predicted octanol–water partition coefficient (Wildman–Crippen LogP) is 3.91. The first kappa shape index (κ1) is 18.0. The lowest BCUT2D eigenvalue weighted by molar-refractivity contribution is 0.439. The Balaban J connectivity index is 1.38. The first-order valence-corrected chi connectivity index (χ1v) is 10.3. The summed E-state index contributed by atoms with van der Waals surface area (Å²) in [7, 11) is 0. The van der Waals surface area contributed by atoms with Crippen LogP contribution in [0.2, 0.25) is 0 Å². The van der Waals surface area contributed by atoms with Crippen molar-refractivity contribution in [3.8, 4) is 0 Å². The number of aryl methyl sites for hydroxylation is 1. The zero-order valence-corrected chi connectivity index (χ0v) is 16.5. The quantitative estimate of drug-likeness (QED) is 0.654. The predicted molar refractivity (Wildman–Crippen MR) is 108 cm³/mol. The summed E-state index contributed by atoms with van der Waals surface area (Å²) in [5, 5.41) is 9.10. The molecule has 3 aromatic rings. The van der Waals surface area contributed by atoms with Gasteiger partial charge in [-0.2, -0.15) is 5.10 Å². The Morgan fingerprint density at radius 1 is 1.19 bits per heavy atom. The van der Waals surface area contributed by atoms with E-state index >= 15 is 0 Å². The molecule has 4 rings (SSSR count). The summed E-state index contributed by atoms with van der Waals surface area (Å²) in [6.45, 7) is 5.08. The van der Waals surface area contributed by atoms with Gasteiger partial charge >= 0.3 is 0 Å². The molecule has 1 aliphatic heterocycles. The monoisotopic (exact) mass is 380 g/mol. The number of anilines is 1. The minimum atomic E-state index is 0.294. The zero-order valence-electron chi connectivity index (χ0n) is 15.7. The minimum absolute atomic E-state index is 0.294. The van der Waals surface area contributed by atoms with Gasteiger partial charge in [-0.1, -0.05) is 44.2 Å². The van der Waals surface area contributed by atoms with Gasteiger partial charge in [0, 0.05) is 24.1 Å². The van der Waals surface area contributed by atoms with E-state index in [1.54, 1.807) is 18.0 Å². The normalized spacial score (nSPS) is 16.3. The van der Waals surface area contributed by atoms with Gasteiger partial charge in [-0.15, -0.1) is 11.8 Å². The fraction of sp³-hybridized carbons (Fsp3) is 0.400. The summed E-state index contributed by atoms with van der Waals surface area (Å²) >= 11 is 1.70. The molecule has 7 heteroatoms. The number of hydrogen-bond acceptors (Lipinski definition) is 6. The van der Waals surface area contributed by atoms with Crippen LogP contribution in [-0.2, 0) is 18.7 Å². The van der Waals surface area contributed by atoms with Gasteiger partial charge in [0.15, 0.2) is 5.82 Å². The fourth-order valence-electron chi connectivity index (χ4n) is 3.12. The van der Waals surface area contributed by atoms with Crippen molar-refractivity contribution in [2.24, 2.45) is 0 Å². The maximum absolute atomic E-state index is 4.72. The van der Waals surface area contributed by atoms with E-state index in [0.717, 1.165) is 47.6 Å². The van der Waals surface area contributed by atoms with Crippen molar-refractivity contribution in [1.82, 2.24) is 24.7 Å². The van der Waals surface area contributed by atoms with E-state index in [-0.39, 0.29) is 0 Å². The average molecular weight is 381 g/mol. The number of nitrogens with one attached hydrogen (secondary N) is 1. The largest absolute Gasteiger partial charge is 0.364 e. The Morgan fingerprint density at radius 3 is 2.85 bits per heavy atom. The van der Waals surface area contributed by atoms with Crippen LogP contribution in [0, 0.1) is 0 Å². The van der Waals surface area contributed by atoms with E-state index in [0.29, 0.717) is 12.0 Å². The molecule has 1 aromatic carbocycles. The molecule has 0 amide bonds. The second-order valence-corrected chi connectivity index (χ2v) is 8.12. The van der Waals surface area contributed by atoms with Gasteiger partial charge in [-0.25, -0.2) is 14.6 Å². The molecule has 2 aromatic heterocycles. The van der Waals surface area contributed by atoms with E-state index in [2.05, 4.69) is 58.5 Å². The summed E-state index contributed by atoms with van der Waals surface area (Å²) in [4.78, 5) is 13.7. The average Bonchev–Trinajstić information content (AvgIpc) is 3.11. The van der Waals surface area contributed by atoms with Crippen LogP contribution < -0.4 is 5.32 Å². The molecule has 0 saturated heterocycles. The van der Waals surface area contributed by atoms with Crippen molar-refractivity contribution >= 4 is 17.6 Å². The van der Waals surface area contributed by atoms with Crippen molar-refractivity contribution < 1.29 is 0 Å². The Kier molecular flexibility index (Phi) is 5.38. The van der Waals surface area contributed by atoms with Crippen LogP contribution in [0.4, 0.5) is 5.82 Å². The molecular weight excluding hydrogens is 356 g/mol. The Bertz CT molecular complexity index is 892. The van der Waals surface area contributed by atoms with E-state index in [1.807, 2.05) is 16.9 Å². The van der Waals surface area contributed by atoms with Crippen molar-refractivity contribution in [2.75, 3.05) is 5.32 Å². The van der Waals surface area contributed by atoms with Crippen molar-refractivity contribution in [1.29, 1.82) is 0 Å². The molecule has 0 saturated carbocycles. The molecule has 1 N–H and O–H groups in total. The maximum Gasteiger partial charge on any atom is 0.153 e. The van der Waals surface area contributed by atoms with Gasteiger partial charge in [0.05, 0.1) is 18.9 Å². The highest BCUT2D eigenvalue weighted by Crippen LogP contribution is 2.23. The zero-order chi connectivity index (χ0) is 18.6. The van der Waals surface area contributed by atoms with Crippen LogP contribution in [-0.4, -0.2) is 30.8 Å². The smallest absolute Gasteiger partial charge is 0.153 e. The molecule has 6 nitrogen and oxygen atoms in total. The third-order valence-corrected chi connectivity index (χ3v) is 5.55. The van der Waals surface area contributed by atoms with Crippen molar-refractivity contribution in [2.45, 2.75) is 56.0 Å². The second-order valence-electron chi connectivity index (χ2n) is 7.12. The topological polar surface area (TPSA) is 68.5 Å². The lowest BCUT2D eigenvalue weighted by Crippen LogP contribution is -2.32. The fourth-order valence-corrected chi connectivity index (χ4v) is 3.92. The van der Waals surface area contributed by atoms with Crippen LogP contribution in [0.1, 0.15) is 43.4 Å². The third kappa shape index (κ3) is 4.47. The summed E-state index contributed by atoms with van der Waals surface area (Å²) in [5.74, 6) is 4.10. The van der Waals surface area contributed by atoms with E-state index in [1.165, 1.54) is 5.56 Å². The molecule has 3 heterocycles. The molecular formula is C20H24N6S. The highest BCUT2D eigenvalue weighted by atomic mass is 32.2. The molecule has 1 unspecified atom stereocenters. The molecule has 0 fully saturated rings. The lowest BCUT2D eigenvalue weighted by Gasteiger charge is -2.23. The number of aromatic nitrogens is 5. The summed E-state index contributed by atoms with van der Waals surface area (Å²) < 4.78 is 2.04. The molecule has 1 atom stereocenters.